The minimum Gasteiger partial charge on any atom is -0.349 e. The van der Waals surface area contributed by atoms with Crippen LogP contribution in [0.3, 0.4) is 0 Å². The van der Waals surface area contributed by atoms with Crippen molar-refractivity contribution in [3.8, 4) is 0 Å². The second-order valence-electron chi connectivity index (χ2n) is 5.77. The molecule has 1 saturated heterocycles. The third-order valence-corrected chi connectivity index (χ3v) is 4.18. The van der Waals surface area contributed by atoms with Crippen molar-refractivity contribution in [3.63, 3.8) is 0 Å². The molecule has 2 amide bonds. The molecule has 2 atom stereocenters. The van der Waals surface area contributed by atoms with Crippen LogP contribution in [0.1, 0.15) is 32.1 Å². The minimum absolute atomic E-state index is 0.0831. The molecule has 0 aromatic rings. The molecule has 0 bridgehead atoms. The van der Waals surface area contributed by atoms with Gasteiger partial charge in [0.2, 0.25) is 11.8 Å². The molecule has 0 aromatic carbocycles. The largest absolute Gasteiger partial charge is 0.349 e. The van der Waals surface area contributed by atoms with Gasteiger partial charge in [-0.15, -0.1) is 0 Å². The normalized spacial score (nSPS) is 27.2. The van der Waals surface area contributed by atoms with E-state index >= 15 is 0 Å². The molecule has 0 spiro atoms. The lowest BCUT2D eigenvalue weighted by Gasteiger charge is -2.35. The van der Waals surface area contributed by atoms with Crippen molar-refractivity contribution >= 4 is 11.8 Å². The Labute approximate surface area is 115 Å². The highest BCUT2D eigenvalue weighted by atomic mass is 16.2. The first kappa shape index (κ1) is 14.1. The number of nitrogens with zero attached hydrogens (tertiary/aromatic N) is 2. The van der Waals surface area contributed by atoms with Crippen LogP contribution in [-0.2, 0) is 9.59 Å². The maximum absolute atomic E-state index is 12.6. The van der Waals surface area contributed by atoms with Gasteiger partial charge in [-0.2, -0.15) is 0 Å². The van der Waals surface area contributed by atoms with Gasteiger partial charge < -0.3 is 9.80 Å². The fourth-order valence-corrected chi connectivity index (χ4v) is 3.04. The van der Waals surface area contributed by atoms with Crippen LogP contribution in [0.5, 0.6) is 0 Å². The van der Waals surface area contributed by atoms with Crippen molar-refractivity contribution in [1.82, 2.24) is 9.80 Å². The van der Waals surface area contributed by atoms with Crippen molar-refractivity contribution in [2.24, 2.45) is 11.8 Å². The molecule has 106 valence electrons. The fourth-order valence-electron chi connectivity index (χ4n) is 3.04. The first-order valence-corrected chi connectivity index (χ1v) is 7.26. The van der Waals surface area contributed by atoms with Gasteiger partial charge in [-0.05, 0) is 32.1 Å². The number of rotatable bonds is 2. The molecule has 2 aliphatic rings. The first-order valence-electron chi connectivity index (χ1n) is 7.26. The Hall–Kier alpha value is -1.32. The highest BCUT2D eigenvalue weighted by molar-refractivity contribution is 5.88. The van der Waals surface area contributed by atoms with E-state index in [0.29, 0.717) is 12.8 Å². The van der Waals surface area contributed by atoms with Crippen molar-refractivity contribution in [1.29, 1.82) is 0 Å². The van der Waals surface area contributed by atoms with Crippen LogP contribution in [0.15, 0.2) is 12.2 Å². The zero-order chi connectivity index (χ0) is 13.8. The van der Waals surface area contributed by atoms with Gasteiger partial charge in [-0.1, -0.05) is 12.2 Å². The van der Waals surface area contributed by atoms with E-state index in [9.17, 15) is 9.59 Å². The Morgan fingerprint density at radius 3 is 2.16 bits per heavy atom. The minimum atomic E-state index is -0.172. The van der Waals surface area contributed by atoms with Gasteiger partial charge in [0, 0.05) is 27.2 Å². The lowest BCUT2D eigenvalue weighted by molar-refractivity contribution is -0.145. The average Bonchev–Trinajstić information content (AvgIpc) is 2.46. The van der Waals surface area contributed by atoms with Crippen LogP contribution < -0.4 is 0 Å². The maximum Gasteiger partial charge on any atom is 0.226 e. The maximum atomic E-state index is 12.6. The smallest absolute Gasteiger partial charge is 0.226 e. The van der Waals surface area contributed by atoms with Gasteiger partial charge >= 0.3 is 0 Å². The molecular weight excluding hydrogens is 240 g/mol. The van der Waals surface area contributed by atoms with Crippen molar-refractivity contribution < 1.29 is 9.59 Å². The summed E-state index contributed by atoms with van der Waals surface area (Å²) in [7, 11) is 3.53. The number of allylic oxidation sites excluding steroid dienone is 2. The number of amides is 2. The second kappa shape index (κ2) is 6.22. The third kappa shape index (κ3) is 3.17. The van der Waals surface area contributed by atoms with Gasteiger partial charge in [0.15, 0.2) is 0 Å². The molecule has 1 heterocycles. The van der Waals surface area contributed by atoms with Crippen molar-refractivity contribution in [3.05, 3.63) is 12.2 Å². The number of carbonyl (C=O) groups excluding carboxylic acids is 2. The Balaban J connectivity index is 2.08. The summed E-state index contributed by atoms with van der Waals surface area (Å²) < 4.78 is 0. The molecule has 1 fully saturated rings. The summed E-state index contributed by atoms with van der Waals surface area (Å²) in [6.45, 7) is 1.73. The summed E-state index contributed by atoms with van der Waals surface area (Å²) in [5.74, 6) is -0.0589. The van der Waals surface area contributed by atoms with E-state index in [1.54, 1.807) is 19.0 Å². The zero-order valence-electron chi connectivity index (χ0n) is 12.0. The summed E-state index contributed by atoms with van der Waals surface area (Å²) in [6.07, 6.45) is 8.90. The lowest BCUT2D eigenvalue weighted by Crippen LogP contribution is -2.46. The molecule has 1 aliphatic heterocycles. The number of carbonyl (C=O) groups is 2. The summed E-state index contributed by atoms with van der Waals surface area (Å²) in [4.78, 5) is 28.4. The summed E-state index contributed by atoms with van der Waals surface area (Å²) in [6, 6.07) is 0. The molecule has 0 saturated carbocycles. The van der Waals surface area contributed by atoms with Crippen molar-refractivity contribution in [2.45, 2.75) is 32.1 Å². The summed E-state index contributed by atoms with van der Waals surface area (Å²) >= 11 is 0. The molecule has 1 aliphatic carbocycles. The molecule has 19 heavy (non-hydrogen) atoms. The summed E-state index contributed by atoms with van der Waals surface area (Å²) in [5.41, 5.74) is 0. The highest BCUT2D eigenvalue weighted by Crippen LogP contribution is 2.29. The van der Waals surface area contributed by atoms with Crippen LogP contribution >= 0.6 is 0 Å². The molecular formula is C15H24N2O2. The quantitative estimate of drug-likeness (QED) is 0.712. The van der Waals surface area contributed by atoms with E-state index < -0.39 is 0 Å². The number of piperidine rings is 1. The molecule has 0 N–H and O–H groups in total. The SMILES string of the molecule is CN(C)C(=O)[C@@H]1CC=CC[C@@H]1C(=O)N1CCCCC1. The standard InChI is InChI=1S/C15H24N2O2/c1-16(2)14(18)12-8-4-5-9-13(12)15(19)17-10-6-3-7-11-17/h4-5,12-13H,3,6-11H2,1-2H3/t12-,13+/m1/s1. The number of likely N-dealkylation sites (tertiary alicyclic amines) is 1. The highest BCUT2D eigenvalue weighted by Gasteiger charge is 2.37. The third-order valence-electron chi connectivity index (χ3n) is 4.18. The monoisotopic (exact) mass is 264 g/mol. The molecule has 4 nitrogen and oxygen atoms in total. The topological polar surface area (TPSA) is 40.6 Å². The van der Waals surface area contributed by atoms with E-state index in [0.717, 1.165) is 25.9 Å². The van der Waals surface area contributed by atoms with E-state index in [1.165, 1.54) is 6.42 Å². The Morgan fingerprint density at radius 1 is 1.00 bits per heavy atom. The van der Waals surface area contributed by atoms with Crippen LogP contribution in [0.2, 0.25) is 0 Å². The average molecular weight is 264 g/mol. The van der Waals surface area contributed by atoms with Gasteiger partial charge in [-0.25, -0.2) is 0 Å². The molecule has 4 heteroatoms. The predicted octanol–water partition coefficient (Wildman–Crippen LogP) is 1.67. The summed E-state index contributed by atoms with van der Waals surface area (Å²) in [5, 5.41) is 0. The Kier molecular flexibility index (Phi) is 4.61. The van der Waals surface area contributed by atoms with Crippen LogP contribution in [0, 0.1) is 11.8 Å². The van der Waals surface area contributed by atoms with Gasteiger partial charge in [0.25, 0.3) is 0 Å². The molecule has 0 unspecified atom stereocenters. The van der Waals surface area contributed by atoms with Crippen molar-refractivity contribution in [2.75, 3.05) is 27.2 Å². The van der Waals surface area contributed by atoms with E-state index in [2.05, 4.69) is 0 Å². The van der Waals surface area contributed by atoms with Crippen LogP contribution in [0.25, 0.3) is 0 Å². The van der Waals surface area contributed by atoms with E-state index in [1.807, 2.05) is 17.1 Å². The second-order valence-corrected chi connectivity index (χ2v) is 5.77. The van der Waals surface area contributed by atoms with Gasteiger partial charge in [0.1, 0.15) is 0 Å². The number of hydrogen-bond acceptors (Lipinski definition) is 2. The number of hydrogen-bond donors (Lipinski definition) is 0. The Bertz CT molecular complexity index is 370. The first-order chi connectivity index (χ1) is 9.11. The molecule has 0 aromatic heterocycles. The van der Waals surface area contributed by atoms with Crippen LogP contribution in [-0.4, -0.2) is 48.8 Å². The zero-order valence-corrected chi connectivity index (χ0v) is 12.0. The molecule has 2 rings (SSSR count). The van der Waals surface area contributed by atoms with E-state index in [4.69, 9.17) is 0 Å². The van der Waals surface area contributed by atoms with Gasteiger partial charge in [-0.3, -0.25) is 9.59 Å². The van der Waals surface area contributed by atoms with Crippen LogP contribution in [0.4, 0.5) is 0 Å². The fraction of sp³-hybridized carbons (Fsp3) is 0.733. The Morgan fingerprint density at radius 2 is 1.58 bits per heavy atom. The van der Waals surface area contributed by atoms with E-state index in [-0.39, 0.29) is 23.7 Å². The lowest BCUT2D eigenvalue weighted by atomic mass is 9.81. The van der Waals surface area contributed by atoms with Gasteiger partial charge in [0.05, 0.1) is 11.8 Å². The predicted molar refractivity (Wildman–Crippen MR) is 74.5 cm³/mol. The molecule has 0 radical (unpaired) electrons.